The molecule has 1 aliphatic rings. The molecule has 0 radical (unpaired) electrons. The van der Waals surface area contributed by atoms with Crippen LogP contribution < -0.4 is 5.56 Å². The summed E-state index contributed by atoms with van der Waals surface area (Å²) in [5.74, 6) is -0.0133. The van der Waals surface area contributed by atoms with Crippen molar-refractivity contribution in [2.75, 3.05) is 25.1 Å². The Morgan fingerprint density at radius 2 is 1.97 bits per heavy atom. The number of aryl methyl sites for hydroxylation is 1. The molecule has 162 valence electrons. The fourth-order valence-corrected chi connectivity index (χ4v) is 5.22. The van der Waals surface area contributed by atoms with Crippen molar-refractivity contribution in [2.45, 2.75) is 39.5 Å². The van der Waals surface area contributed by atoms with Gasteiger partial charge in [0.25, 0.3) is 11.5 Å². The molecule has 1 atom stereocenters. The van der Waals surface area contributed by atoms with Gasteiger partial charge in [0.1, 0.15) is 15.4 Å². The molecule has 2 heterocycles. The molecule has 1 amide bonds. The Morgan fingerprint density at radius 3 is 2.63 bits per heavy atom. The van der Waals surface area contributed by atoms with E-state index in [9.17, 15) is 18.0 Å². The fraction of sp³-hybridized carbons (Fsp3) is 0.478. The first kappa shape index (κ1) is 22.3. The second-order valence-corrected chi connectivity index (χ2v) is 10.8. The quantitative estimate of drug-likeness (QED) is 0.730. The Hall–Kier alpha value is -2.41. The van der Waals surface area contributed by atoms with Gasteiger partial charge in [0.15, 0.2) is 0 Å². The van der Waals surface area contributed by atoms with Crippen LogP contribution in [0.15, 0.2) is 41.3 Å². The van der Waals surface area contributed by atoms with Crippen molar-refractivity contribution in [3.8, 4) is 5.69 Å². The third kappa shape index (κ3) is 5.01. The molecular formula is C23H30N2O4S. The molecular weight excluding hydrogens is 400 g/mol. The standard InChI is InChI=1S/C23H30N2O4S/c1-16(2)19-8-5-9-20(13-19)25-12-10-17(3)21(23(25)27)22(26)24-11-6-7-18(14-24)15-30(4,28)29/h5,8-10,12-13,16,18H,6-7,11,14-15H2,1-4H3. The van der Waals surface area contributed by atoms with E-state index in [2.05, 4.69) is 13.8 Å². The molecule has 6 nitrogen and oxygen atoms in total. The van der Waals surface area contributed by atoms with Crippen LogP contribution >= 0.6 is 0 Å². The van der Waals surface area contributed by atoms with Gasteiger partial charge in [-0.05, 0) is 60.9 Å². The van der Waals surface area contributed by atoms with Gasteiger partial charge in [-0.3, -0.25) is 14.2 Å². The normalized spacial score (nSPS) is 17.4. The molecule has 0 N–H and O–H groups in total. The lowest BCUT2D eigenvalue weighted by molar-refractivity contribution is 0.0681. The van der Waals surface area contributed by atoms with Crippen LogP contribution in [0.3, 0.4) is 0 Å². The summed E-state index contributed by atoms with van der Waals surface area (Å²) in [6.07, 6.45) is 4.44. The van der Waals surface area contributed by atoms with Crippen molar-refractivity contribution in [3.63, 3.8) is 0 Å². The fourth-order valence-electron chi connectivity index (χ4n) is 4.10. The van der Waals surface area contributed by atoms with Crippen LogP contribution in [0.4, 0.5) is 0 Å². The summed E-state index contributed by atoms with van der Waals surface area (Å²) < 4.78 is 24.9. The van der Waals surface area contributed by atoms with Gasteiger partial charge in [-0.2, -0.15) is 0 Å². The number of rotatable bonds is 5. The Labute approximate surface area is 178 Å². The number of hydrogen-bond acceptors (Lipinski definition) is 4. The molecule has 2 aromatic rings. The van der Waals surface area contributed by atoms with Crippen LogP contribution in [-0.2, 0) is 9.84 Å². The van der Waals surface area contributed by atoms with Gasteiger partial charge < -0.3 is 4.90 Å². The van der Waals surface area contributed by atoms with E-state index in [-0.39, 0.29) is 28.7 Å². The third-order valence-electron chi connectivity index (χ3n) is 5.67. The van der Waals surface area contributed by atoms with Crippen LogP contribution in [0.5, 0.6) is 0 Å². The molecule has 1 aromatic heterocycles. The minimum Gasteiger partial charge on any atom is -0.338 e. The van der Waals surface area contributed by atoms with E-state index >= 15 is 0 Å². The molecule has 1 saturated heterocycles. The average Bonchev–Trinajstić information content (AvgIpc) is 2.67. The summed E-state index contributed by atoms with van der Waals surface area (Å²) in [6, 6.07) is 9.56. The van der Waals surface area contributed by atoms with E-state index in [1.54, 1.807) is 24.1 Å². The molecule has 1 fully saturated rings. The molecule has 0 aliphatic carbocycles. The van der Waals surface area contributed by atoms with Crippen molar-refractivity contribution in [3.05, 3.63) is 63.6 Å². The van der Waals surface area contributed by atoms with E-state index in [1.807, 2.05) is 24.3 Å². The minimum absolute atomic E-state index is 0.0662. The number of nitrogens with zero attached hydrogens (tertiary/aromatic N) is 2. The van der Waals surface area contributed by atoms with Crippen molar-refractivity contribution in [2.24, 2.45) is 5.92 Å². The predicted octanol–water partition coefficient (Wildman–Crippen LogP) is 3.17. The highest BCUT2D eigenvalue weighted by Gasteiger charge is 2.29. The number of likely N-dealkylation sites (tertiary alicyclic amines) is 1. The van der Waals surface area contributed by atoms with E-state index < -0.39 is 9.84 Å². The maximum absolute atomic E-state index is 13.3. The Bertz CT molecular complexity index is 1100. The monoisotopic (exact) mass is 430 g/mol. The number of aromatic nitrogens is 1. The number of benzene rings is 1. The Kier molecular flexibility index (Phi) is 6.50. The lowest BCUT2D eigenvalue weighted by Crippen LogP contribution is -2.44. The third-order valence-corrected chi connectivity index (χ3v) is 6.75. The van der Waals surface area contributed by atoms with Crippen LogP contribution in [-0.4, -0.2) is 48.9 Å². The molecule has 1 aliphatic heterocycles. The van der Waals surface area contributed by atoms with Gasteiger partial charge in [-0.25, -0.2) is 8.42 Å². The van der Waals surface area contributed by atoms with Gasteiger partial charge in [0.2, 0.25) is 0 Å². The number of carbonyl (C=O) groups excluding carboxylic acids is 1. The van der Waals surface area contributed by atoms with Gasteiger partial charge in [-0.15, -0.1) is 0 Å². The largest absolute Gasteiger partial charge is 0.338 e. The molecule has 0 bridgehead atoms. The van der Waals surface area contributed by atoms with Gasteiger partial charge in [0.05, 0.1) is 5.75 Å². The first-order chi connectivity index (χ1) is 14.1. The first-order valence-corrected chi connectivity index (χ1v) is 12.4. The van der Waals surface area contributed by atoms with Crippen LogP contribution in [0, 0.1) is 12.8 Å². The molecule has 30 heavy (non-hydrogen) atoms. The van der Waals surface area contributed by atoms with Crippen molar-refractivity contribution >= 4 is 15.7 Å². The van der Waals surface area contributed by atoms with Gasteiger partial charge in [0, 0.05) is 31.2 Å². The topological polar surface area (TPSA) is 76.5 Å². The summed E-state index contributed by atoms with van der Waals surface area (Å²) in [4.78, 5) is 28.2. The van der Waals surface area contributed by atoms with E-state index in [1.165, 1.54) is 10.8 Å². The highest BCUT2D eigenvalue weighted by Crippen LogP contribution is 2.21. The average molecular weight is 431 g/mol. The zero-order valence-electron chi connectivity index (χ0n) is 18.1. The molecule has 1 unspecified atom stereocenters. The van der Waals surface area contributed by atoms with E-state index in [0.29, 0.717) is 24.6 Å². The van der Waals surface area contributed by atoms with Crippen molar-refractivity contribution < 1.29 is 13.2 Å². The highest BCUT2D eigenvalue weighted by molar-refractivity contribution is 7.90. The lowest BCUT2D eigenvalue weighted by Gasteiger charge is -2.32. The molecule has 0 saturated carbocycles. The van der Waals surface area contributed by atoms with Crippen molar-refractivity contribution in [1.29, 1.82) is 0 Å². The molecule has 1 aromatic carbocycles. The number of hydrogen-bond donors (Lipinski definition) is 0. The summed E-state index contributed by atoms with van der Waals surface area (Å²) in [5.41, 5.74) is 2.30. The molecule has 7 heteroatoms. The maximum atomic E-state index is 13.3. The van der Waals surface area contributed by atoms with E-state index in [4.69, 9.17) is 0 Å². The van der Waals surface area contributed by atoms with Gasteiger partial charge >= 0.3 is 0 Å². The van der Waals surface area contributed by atoms with Crippen LogP contribution in [0.25, 0.3) is 5.69 Å². The summed E-state index contributed by atoms with van der Waals surface area (Å²) in [6.45, 7) is 6.85. The highest BCUT2D eigenvalue weighted by atomic mass is 32.2. The second-order valence-electron chi connectivity index (χ2n) is 8.65. The van der Waals surface area contributed by atoms with E-state index in [0.717, 1.165) is 24.1 Å². The molecule has 3 rings (SSSR count). The number of sulfone groups is 1. The summed E-state index contributed by atoms with van der Waals surface area (Å²) >= 11 is 0. The number of amides is 1. The Balaban J connectivity index is 1.94. The molecule has 0 spiro atoms. The maximum Gasteiger partial charge on any atom is 0.268 e. The summed E-state index contributed by atoms with van der Waals surface area (Å²) in [5, 5.41) is 0. The SMILES string of the molecule is Cc1ccn(-c2cccc(C(C)C)c2)c(=O)c1C(=O)N1CCCC(CS(C)(=O)=O)C1. The smallest absolute Gasteiger partial charge is 0.268 e. The predicted molar refractivity (Wildman–Crippen MR) is 119 cm³/mol. The first-order valence-electron chi connectivity index (χ1n) is 10.4. The van der Waals surface area contributed by atoms with Crippen LogP contribution in [0.2, 0.25) is 0 Å². The zero-order valence-corrected chi connectivity index (χ0v) is 18.9. The number of piperidine rings is 1. The number of pyridine rings is 1. The second kappa shape index (κ2) is 8.76. The minimum atomic E-state index is -3.11. The van der Waals surface area contributed by atoms with Gasteiger partial charge in [-0.1, -0.05) is 26.0 Å². The zero-order chi connectivity index (χ0) is 22.1. The number of carbonyl (C=O) groups is 1. The summed E-state index contributed by atoms with van der Waals surface area (Å²) in [7, 11) is -3.11. The Morgan fingerprint density at radius 1 is 1.23 bits per heavy atom. The lowest BCUT2D eigenvalue weighted by atomic mass is 9.98. The van der Waals surface area contributed by atoms with Crippen LogP contribution in [0.1, 0.15) is 54.1 Å². The van der Waals surface area contributed by atoms with Crippen molar-refractivity contribution in [1.82, 2.24) is 9.47 Å².